The quantitative estimate of drug-likeness (QED) is 0.895. The Morgan fingerprint density at radius 3 is 2.89 bits per heavy atom. The lowest BCUT2D eigenvalue weighted by Gasteiger charge is -2.11. The number of anilines is 3. The van der Waals surface area contributed by atoms with Crippen LogP contribution in [0.25, 0.3) is 0 Å². The molecule has 1 aromatic heterocycles. The van der Waals surface area contributed by atoms with Gasteiger partial charge in [0.25, 0.3) is 0 Å². The highest BCUT2D eigenvalue weighted by Gasteiger charge is 2.09. The van der Waals surface area contributed by atoms with Crippen molar-refractivity contribution in [3.63, 3.8) is 0 Å². The van der Waals surface area contributed by atoms with Gasteiger partial charge in [-0.2, -0.15) is 4.98 Å². The second kappa shape index (κ2) is 5.84. The lowest BCUT2D eigenvalue weighted by molar-refractivity contribution is 0.632. The predicted molar refractivity (Wildman–Crippen MR) is 75.6 cm³/mol. The molecule has 2 N–H and O–H groups in total. The molecule has 2 aromatic rings. The average molecular weight is 281 g/mol. The number of rotatable bonds is 4. The van der Waals surface area contributed by atoms with Gasteiger partial charge in [0.2, 0.25) is 5.95 Å². The fourth-order valence-corrected chi connectivity index (χ4v) is 1.71. The van der Waals surface area contributed by atoms with Gasteiger partial charge in [0.1, 0.15) is 5.82 Å². The first-order valence-corrected chi connectivity index (χ1v) is 6.28. The highest BCUT2D eigenvalue weighted by molar-refractivity contribution is 6.31. The molecule has 6 heteroatoms. The van der Waals surface area contributed by atoms with Crippen molar-refractivity contribution in [2.45, 2.75) is 13.8 Å². The smallest absolute Gasteiger partial charge is 0.224 e. The molecule has 0 atom stereocenters. The first-order chi connectivity index (χ1) is 9.11. The second-order valence-corrected chi connectivity index (χ2v) is 4.39. The van der Waals surface area contributed by atoms with Crippen LogP contribution in [0.15, 0.2) is 24.4 Å². The summed E-state index contributed by atoms with van der Waals surface area (Å²) in [6, 6.07) is 4.78. The van der Waals surface area contributed by atoms with Crippen LogP contribution in [-0.4, -0.2) is 16.5 Å². The molecule has 0 aliphatic rings. The number of aromatic nitrogens is 2. The molecule has 1 aromatic carbocycles. The van der Waals surface area contributed by atoms with Crippen molar-refractivity contribution in [1.29, 1.82) is 0 Å². The third kappa shape index (κ3) is 3.12. The number of nitrogens with one attached hydrogen (secondary N) is 2. The lowest BCUT2D eigenvalue weighted by atomic mass is 10.3. The van der Waals surface area contributed by atoms with Crippen molar-refractivity contribution in [1.82, 2.24) is 9.97 Å². The highest BCUT2D eigenvalue weighted by atomic mass is 35.5. The van der Waals surface area contributed by atoms with Gasteiger partial charge < -0.3 is 10.6 Å². The van der Waals surface area contributed by atoms with Crippen LogP contribution in [0.5, 0.6) is 0 Å². The van der Waals surface area contributed by atoms with Gasteiger partial charge in [0.05, 0.1) is 10.7 Å². The molecule has 1 heterocycles. The van der Waals surface area contributed by atoms with Crippen molar-refractivity contribution < 1.29 is 4.39 Å². The van der Waals surface area contributed by atoms with Crippen LogP contribution >= 0.6 is 11.6 Å². The zero-order chi connectivity index (χ0) is 13.8. The second-order valence-electron chi connectivity index (χ2n) is 3.98. The largest absolute Gasteiger partial charge is 0.354 e. The molecule has 0 aliphatic carbocycles. The minimum absolute atomic E-state index is 0.0728. The number of hydrogen-bond donors (Lipinski definition) is 2. The van der Waals surface area contributed by atoms with E-state index in [1.807, 2.05) is 13.8 Å². The fraction of sp³-hybridized carbons (Fsp3) is 0.231. The number of benzene rings is 1. The maximum absolute atomic E-state index is 13.8. The van der Waals surface area contributed by atoms with Crippen LogP contribution in [0, 0.1) is 12.7 Å². The van der Waals surface area contributed by atoms with Crippen LogP contribution in [0.3, 0.4) is 0 Å². The van der Waals surface area contributed by atoms with Gasteiger partial charge in [-0.3, -0.25) is 0 Å². The Labute approximate surface area is 116 Å². The van der Waals surface area contributed by atoms with E-state index in [9.17, 15) is 4.39 Å². The van der Waals surface area contributed by atoms with Gasteiger partial charge in [0.15, 0.2) is 5.82 Å². The van der Waals surface area contributed by atoms with Crippen LogP contribution in [-0.2, 0) is 0 Å². The molecule has 0 unspecified atom stereocenters. The summed E-state index contributed by atoms with van der Waals surface area (Å²) < 4.78 is 13.8. The molecule has 0 bridgehead atoms. The molecule has 0 saturated heterocycles. The number of nitrogens with zero attached hydrogens (tertiary/aromatic N) is 2. The Morgan fingerprint density at radius 2 is 2.16 bits per heavy atom. The van der Waals surface area contributed by atoms with E-state index in [4.69, 9.17) is 11.6 Å². The molecule has 0 aliphatic heterocycles. The average Bonchev–Trinajstić information content (AvgIpc) is 2.39. The summed E-state index contributed by atoms with van der Waals surface area (Å²) in [6.07, 6.45) is 1.68. The maximum Gasteiger partial charge on any atom is 0.224 e. The molecule has 0 radical (unpaired) electrons. The Bertz CT molecular complexity index is 589. The van der Waals surface area contributed by atoms with Crippen molar-refractivity contribution >= 4 is 29.1 Å². The zero-order valence-electron chi connectivity index (χ0n) is 10.7. The maximum atomic E-state index is 13.8. The zero-order valence-corrected chi connectivity index (χ0v) is 11.4. The molecule has 2 rings (SSSR count). The molecule has 4 nitrogen and oxygen atoms in total. The van der Waals surface area contributed by atoms with Crippen LogP contribution in [0.4, 0.5) is 21.8 Å². The van der Waals surface area contributed by atoms with Crippen LogP contribution < -0.4 is 10.6 Å². The summed E-state index contributed by atoms with van der Waals surface area (Å²) in [5.74, 6) is 0.553. The standard InChI is InChI=1S/C13H14ClFN4/c1-3-16-13-17-7-8(2)12(19-13)18-10-6-4-5-9(14)11(10)15/h4-7H,3H2,1-2H3,(H2,16,17,18,19). The molecule has 0 saturated carbocycles. The summed E-state index contributed by atoms with van der Waals surface area (Å²) in [4.78, 5) is 8.41. The monoisotopic (exact) mass is 280 g/mol. The van der Waals surface area contributed by atoms with Gasteiger partial charge in [-0.15, -0.1) is 0 Å². The van der Waals surface area contributed by atoms with Gasteiger partial charge in [0, 0.05) is 18.3 Å². The van der Waals surface area contributed by atoms with E-state index in [0.29, 0.717) is 18.3 Å². The van der Waals surface area contributed by atoms with Gasteiger partial charge in [-0.05, 0) is 26.0 Å². The Morgan fingerprint density at radius 1 is 1.37 bits per heavy atom. The third-order valence-electron chi connectivity index (χ3n) is 2.51. The minimum Gasteiger partial charge on any atom is -0.354 e. The molecular formula is C13H14ClFN4. The molecule has 19 heavy (non-hydrogen) atoms. The molecule has 0 amide bonds. The van der Waals surface area contributed by atoms with Gasteiger partial charge in [-0.1, -0.05) is 17.7 Å². The van der Waals surface area contributed by atoms with E-state index in [0.717, 1.165) is 5.56 Å². The summed E-state index contributed by atoms with van der Waals surface area (Å²) in [5.41, 5.74) is 1.11. The predicted octanol–water partition coefficient (Wildman–Crippen LogP) is 3.75. The van der Waals surface area contributed by atoms with E-state index < -0.39 is 5.82 Å². The summed E-state index contributed by atoms with van der Waals surface area (Å²) >= 11 is 5.74. The lowest BCUT2D eigenvalue weighted by Crippen LogP contribution is -2.06. The Balaban J connectivity index is 2.32. The fourth-order valence-electron chi connectivity index (χ4n) is 1.54. The Kier molecular flexibility index (Phi) is 4.16. The van der Waals surface area contributed by atoms with Crippen molar-refractivity contribution in [2.75, 3.05) is 17.2 Å². The van der Waals surface area contributed by atoms with Crippen molar-refractivity contribution in [2.24, 2.45) is 0 Å². The van der Waals surface area contributed by atoms with E-state index in [1.54, 1.807) is 18.3 Å². The van der Waals surface area contributed by atoms with Crippen molar-refractivity contribution in [3.05, 3.63) is 40.8 Å². The van der Waals surface area contributed by atoms with Crippen molar-refractivity contribution in [3.8, 4) is 0 Å². The molecular weight excluding hydrogens is 267 g/mol. The summed E-state index contributed by atoms with van der Waals surface area (Å²) in [5, 5.41) is 6.01. The highest BCUT2D eigenvalue weighted by Crippen LogP contribution is 2.26. The van der Waals surface area contributed by atoms with Crippen LogP contribution in [0.1, 0.15) is 12.5 Å². The normalized spacial score (nSPS) is 10.3. The number of halogens is 2. The van der Waals surface area contributed by atoms with E-state index in [-0.39, 0.29) is 10.7 Å². The number of aryl methyl sites for hydroxylation is 1. The topological polar surface area (TPSA) is 49.8 Å². The molecule has 0 spiro atoms. The molecule has 0 fully saturated rings. The SMILES string of the molecule is CCNc1ncc(C)c(Nc2cccc(Cl)c2F)n1. The van der Waals surface area contributed by atoms with E-state index in [2.05, 4.69) is 20.6 Å². The van der Waals surface area contributed by atoms with Gasteiger partial charge in [-0.25, -0.2) is 9.37 Å². The van der Waals surface area contributed by atoms with Crippen LogP contribution in [0.2, 0.25) is 5.02 Å². The third-order valence-corrected chi connectivity index (χ3v) is 2.80. The molecule has 100 valence electrons. The summed E-state index contributed by atoms with van der Waals surface area (Å²) in [7, 11) is 0. The summed E-state index contributed by atoms with van der Waals surface area (Å²) in [6.45, 7) is 4.52. The minimum atomic E-state index is -0.493. The number of hydrogen-bond acceptors (Lipinski definition) is 4. The first kappa shape index (κ1) is 13.5. The Hall–Kier alpha value is -1.88. The van der Waals surface area contributed by atoms with E-state index in [1.165, 1.54) is 6.07 Å². The van der Waals surface area contributed by atoms with Gasteiger partial charge >= 0.3 is 0 Å². The first-order valence-electron chi connectivity index (χ1n) is 5.90. The van der Waals surface area contributed by atoms with E-state index >= 15 is 0 Å².